The second-order valence-electron chi connectivity index (χ2n) is 6.62. The summed E-state index contributed by atoms with van der Waals surface area (Å²) in [5.41, 5.74) is 1.03. The van der Waals surface area contributed by atoms with Crippen LogP contribution in [-0.2, 0) is 5.60 Å². The molecule has 20 heavy (non-hydrogen) atoms. The van der Waals surface area contributed by atoms with Gasteiger partial charge in [-0.05, 0) is 52.8 Å². The standard InChI is InChI=1S/C17H24N2O/c1-16(2,3)19-10-9-17(4,20)14-11-13-7-5-6-8-15(13)18-12-14/h5-8,11-12,19-20H,9-10H2,1-4H3. The van der Waals surface area contributed by atoms with Crippen LogP contribution in [0.3, 0.4) is 0 Å². The van der Waals surface area contributed by atoms with E-state index in [-0.39, 0.29) is 5.54 Å². The number of benzene rings is 1. The zero-order chi connectivity index (χ0) is 14.8. The van der Waals surface area contributed by atoms with Gasteiger partial charge in [0.2, 0.25) is 0 Å². The van der Waals surface area contributed by atoms with Crippen molar-refractivity contribution in [1.82, 2.24) is 10.3 Å². The van der Waals surface area contributed by atoms with Crippen molar-refractivity contribution in [2.45, 2.75) is 45.3 Å². The Hall–Kier alpha value is -1.45. The van der Waals surface area contributed by atoms with Crippen molar-refractivity contribution in [2.24, 2.45) is 0 Å². The summed E-state index contributed by atoms with van der Waals surface area (Å²) in [5.74, 6) is 0. The summed E-state index contributed by atoms with van der Waals surface area (Å²) >= 11 is 0. The van der Waals surface area contributed by atoms with Gasteiger partial charge in [-0.1, -0.05) is 18.2 Å². The molecule has 1 heterocycles. The molecule has 0 aliphatic rings. The first kappa shape index (κ1) is 14.9. The van der Waals surface area contributed by atoms with Gasteiger partial charge in [-0.2, -0.15) is 0 Å². The van der Waals surface area contributed by atoms with E-state index < -0.39 is 5.60 Å². The Balaban J connectivity index is 2.14. The van der Waals surface area contributed by atoms with Gasteiger partial charge in [0.05, 0.1) is 11.1 Å². The number of aromatic nitrogens is 1. The molecule has 0 spiro atoms. The Morgan fingerprint density at radius 2 is 1.85 bits per heavy atom. The molecule has 108 valence electrons. The molecule has 0 saturated heterocycles. The van der Waals surface area contributed by atoms with E-state index in [1.807, 2.05) is 37.3 Å². The van der Waals surface area contributed by atoms with Crippen LogP contribution in [-0.4, -0.2) is 22.2 Å². The summed E-state index contributed by atoms with van der Waals surface area (Å²) in [5, 5.41) is 15.1. The number of aliphatic hydroxyl groups is 1. The van der Waals surface area contributed by atoms with Gasteiger partial charge in [0.15, 0.2) is 0 Å². The third-order valence-electron chi connectivity index (χ3n) is 3.48. The van der Waals surface area contributed by atoms with Gasteiger partial charge in [-0.3, -0.25) is 4.98 Å². The zero-order valence-electron chi connectivity index (χ0n) is 12.8. The van der Waals surface area contributed by atoms with E-state index in [2.05, 4.69) is 31.1 Å². The predicted octanol–water partition coefficient (Wildman–Crippen LogP) is 3.22. The second kappa shape index (κ2) is 5.51. The molecule has 2 N–H and O–H groups in total. The fourth-order valence-corrected chi connectivity index (χ4v) is 2.19. The van der Waals surface area contributed by atoms with Gasteiger partial charge in [0, 0.05) is 22.7 Å². The lowest BCUT2D eigenvalue weighted by molar-refractivity contribution is 0.0462. The van der Waals surface area contributed by atoms with Crippen molar-refractivity contribution in [3.8, 4) is 0 Å². The van der Waals surface area contributed by atoms with Crippen molar-refractivity contribution in [3.63, 3.8) is 0 Å². The highest BCUT2D eigenvalue weighted by molar-refractivity contribution is 5.78. The molecule has 0 amide bonds. The molecule has 1 aromatic carbocycles. The third-order valence-corrected chi connectivity index (χ3v) is 3.48. The summed E-state index contributed by atoms with van der Waals surface area (Å²) in [4.78, 5) is 4.42. The highest BCUT2D eigenvalue weighted by atomic mass is 16.3. The number of pyridine rings is 1. The maximum Gasteiger partial charge on any atom is 0.0895 e. The van der Waals surface area contributed by atoms with E-state index in [1.165, 1.54) is 0 Å². The van der Waals surface area contributed by atoms with E-state index in [0.29, 0.717) is 6.42 Å². The first-order chi connectivity index (χ1) is 9.28. The predicted molar refractivity (Wildman–Crippen MR) is 83.7 cm³/mol. The Bertz CT molecular complexity index is 585. The van der Waals surface area contributed by atoms with Crippen molar-refractivity contribution >= 4 is 10.9 Å². The van der Waals surface area contributed by atoms with Crippen LogP contribution in [0.2, 0.25) is 0 Å². The smallest absolute Gasteiger partial charge is 0.0895 e. The van der Waals surface area contributed by atoms with Gasteiger partial charge in [0.25, 0.3) is 0 Å². The molecule has 3 heteroatoms. The molecule has 1 unspecified atom stereocenters. The van der Waals surface area contributed by atoms with E-state index in [0.717, 1.165) is 23.0 Å². The molecule has 0 aliphatic carbocycles. The van der Waals surface area contributed by atoms with Crippen LogP contribution in [0.25, 0.3) is 10.9 Å². The topological polar surface area (TPSA) is 45.1 Å². The second-order valence-corrected chi connectivity index (χ2v) is 6.62. The monoisotopic (exact) mass is 272 g/mol. The molecule has 1 aromatic heterocycles. The minimum Gasteiger partial charge on any atom is -0.385 e. The molecule has 2 aromatic rings. The molecule has 2 rings (SSSR count). The summed E-state index contributed by atoms with van der Waals surface area (Å²) in [6, 6.07) is 9.99. The van der Waals surface area contributed by atoms with Crippen LogP contribution in [0.5, 0.6) is 0 Å². The quantitative estimate of drug-likeness (QED) is 0.898. The fourth-order valence-electron chi connectivity index (χ4n) is 2.19. The SMILES string of the molecule is CC(C)(C)NCCC(C)(O)c1cnc2ccccc2c1. The molecule has 0 saturated carbocycles. The first-order valence-electron chi connectivity index (χ1n) is 7.11. The fraction of sp³-hybridized carbons (Fsp3) is 0.471. The van der Waals surface area contributed by atoms with E-state index in [1.54, 1.807) is 6.20 Å². The number of para-hydroxylation sites is 1. The van der Waals surface area contributed by atoms with Crippen LogP contribution < -0.4 is 5.32 Å². The van der Waals surface area contributed by atoms with Gasteiger partial charge in [0.1, 0.15) is 0 Å². The van der Waals surface area contributed by atoms with Gasteiger partial charge in [-0.25, -0.2) is 0 Å². The normalized spacial score (nSPS) is 15.2. The lowest BCUT2D eigenvalue weighted by Gasteiger charge is -2.27. The lowest BCUT2D eigenvalue weighted by Crippen LogP contribution is -2.39. The Kier molecular flexibility index (Phi) is 4.11. The highest BCUT2D eigenvalue weighted by Crippen LogP contribution is 2.26. The Labute approximate surface area is 121 Å². The Morgan fingerprint density at radius 1 is 1.15 bits per heavy atom. The van der Waals surface area contributed by atoms with Gasteiger partial charge in [-0.15, -0.1) is 0 Å². The van der Waals surface area contributed by atoms with Crippen LogP contribution >= 0.6 is 0 Å². The lowest BCUT2D eigenvalue weighted by atomic mass is 9.92. The highest BCUT2D eigenvalue weighted by Gasteiger charge is 2.24. The summed E-state index contributed by atoms with van der Waals surface area (Å²) in [7, 11) is 0. The van der Waals surface area contributed by atoms with Crippen LogP contribution in [0, 0.1) is 0 Å². The average Bonchev–Trinajstić information content (AvgIpc) is 2.36. The summed E-state index contributed by atoms with van der Waals surface area (Å²) in [6.45, 7) is 8.99. The van der Waals surface area contributed by atoms with Gasteiger partial charge < -0.3 is 10.4 Å². The minimum absolute atomic E-state index is 0.0672. The zero-order valence-corrected chi connectivity index (χ0v) is 12.8. The van der Waals surface area contributed by atoms with Crippen LogP contribution in [0.15, 0.2) is 36.5 Å². The molecule has 1 atom stereocenters. The van der Waals surface area contributed by atoms with Crippen molar-refractivity contribution in [2.75, 3.05) is 6.54 Å². The van der Waals surface area contributed by atoms with E-state index >= 15 is 0 Å². The van der Waals surface area contributed by atoms with Crippen molar-refractivity contribution in [1.29, 1.82) is 0 Å². The largest absolute Gasteiger partial charge is 0.385 e. The average molecular weight is 272 g/mol. The summed E-state index contributed by atoms with van der Waals surface area (Å²) < 4.78 is 0. The number of hydrogen-bond acceptors (Lipinski definition) is 3. The number of nitrogens with zero attached hydrogens (tertiary/aromatic N) is 1. The number of fused-ring (bicyclic) bond motifs is 1. The number of hydrogen-bond donors (Lipinski definition) is 2. The Morgan fingerprint density at radius 3 is 2.55 bits per heavy atom. The molecule has 0 fully saturated rings. The maximum atomic E-state index is 10.7. The molecule has 0 bridgehead atoms. The third kappa shape index (κ3) is 3.78. The van der Waals surface area contributed by atoms with Crippen molar-refractivity contribution in [3.05, 3.63) is 42.1 Å². The van der Waals surface area contributed by atoms with E-state index in [4.69, 9.17) is 0 Å². The number of nitrogens with one attached hydrogen (secondary N) is 1. The molecule has 0 aliphatic heterocycles. The molecule has 3 nitrogen and oxygen atoms in total. The molecule has 0 radical (unpaired) electrons. The van der Waals surface area contributed by atoms with Crippen LogP contribution in [0.1, 0.15) is 39.7 Å². The number of rotatable bonds is 4. The van der Waals surface area contributed by atoms with E-state index in [9.17, 15) is 5.11 Å². The van der Waals surface area contributed by atoms with Crippen LogP contribution in [0.4, 0.5) is 0 Å². The maximum absolute atomic E-state index is 10.7. The summed E-state index contributed by atoms with van der Waals surface area (Å²) in [6.07, 6.45) is 2.43. The molecular weight excluding hydrogens is 248 g/mol. The van der Waals surface area contributed by atoms with Crippen molar-refractivity contribution < 1.29 is 5.11 Å². The first-order valence-corrected chi connectivity index (χ1v) is 7.11. The minimum atomic E-state index is -0.866. The van der Waals surface area contributed by atoms with Gasteiger partial charge >= 0.3 is 0 Å². The molecular formula is C17H24N2O.